The number of aromatic nitrogens is 1. The van der Waals surface area contributed by atoms with Crippen molar-refractivity contribution in [2.24, 2.45) is 0 Å². The molecule has 1 heterocycles. The molecule has 0 saturated carbocycles. The van der Waals surface area contributed by atoms with E-state index in [2.05, 4.69) is 31.0 Å². The summed E-state index contributed by atoms with van der Waals surface area (Å²) in [5.74, 6) is 0.515. The fraction of sp³-hybridized carbons (Fsp3) is 0.273. The van der Waals surface area contributed by atoms with E-state index in [0.29, 0.717) is 10.9 Å². The van der Waals surface area contributed by atoms with E-state index in [0.717, 1.165) is 16.5 Å². The van der Waals surface area contributed by atoms with Crippen molar-refractivity contribution >= 4 is 27.8 Å². The van der Waals surface area contributed by atoms with Crippen molar-refractivity contribution < 1.29 is 4.79 Å². The summed E-state index contributed by atoms with van der Waals surface area (Å²) >= 11 is 1.45. The number of rotatable bonds is 2. The summed E-state index contributed by atoms with van der Waals surface area (Å²) in [5.41, 5.74) is 2.21. The van der Waals surface area contributed by atoms with Gasteiger partial charge in [-0.05, 0) is 23.6 Å². The summed E-state index contributed by atoms with van der Waals surface area (Å²) in [7, 11) is 0. The first kappa shape index (κ1) is 9.34. The van der Waals surface area contributed by atoms with Crippen molar-refractivity contribution in [1.29, 1.82) is 0 Å². The van der Waals surface area contributed by atoms with Crippen LogP contribution in [-0.2, 0) is 0 Å². The number of benzene rings is 1. The van der Waals surface area contributed by atoms with Gasteiger partial charge in [-0.15, -0.1) is 11.3 Å². The summed E-state index contributed by atoms with van der Waals surface area (Å²) in [6.45, 7) is 4.31. The summed E-state index contributed by atoms with van der Waals surface area (Å²) in [4.78, 5) is 14.7. The number of hydrogen-bond acceptors (Lipinski definition) is 3. The van der Waals surface area contributed by atoms with Gasteiger partial charge >= 0.3 is 0 Å². The van der Waals surface area contributed by atoms with Crippen LogP contribution in [0.15, 0.2) is 18.2 Å². The number of aldehydes is 1. The Kier molecular flexibility index (Phi) is 2.33. The third-order valence-electron chi connectivity index (χ3n) is 2.20. The largest absolute Gasteiger partial charge is 0.295 e. The molecule has 0 N–H and O–H groups in total. The van der Waals surface area contributed by atoms with Crippen LogP contribution in [0.3, 0.4) is 0 Å². The van der Waals surface area contributed by atoms with Crippen LogP contribution in [0.1, 0.15) is 35.1 Å². The minimum atomic E-state index is 0.515. The molecule has 3 heteroatoms. The zero-order valence-electron chi connectivity index (χ0n) is 8.15. The van der Waals surface area contributed by atoms with E-state index in [4.69, 9.17) is 0 Å². The van der Waals surface area contributed by atoms with E-state index < -0.39 is 0 Å². The SMILES string of the molecule is CC(C)c1ccc2nc(C=O)sc2c1. The molecule has 2 nitrogen and oxygen atoms in total. The molecule has 0 aliphatic heterocycles. The molecule has 0 atom stereocenters. The summed E-state index contributed by atoms with van der Waals surface area (Å²) < 4.78 is 1.10. The zero-order chi connectivity index (χ0) is 10.1. The van der Waals surface area contributed by atoms with Crippen LogP contribution in [0.5, 0.6) is 0 Å². The molecule has 0 radical (unpaired) electrons. The van der Waals surface area contributed by atoms with E-state index in [1.165, 1.54) is 16.9 Å². The average Bonchev–Trinajstić information content (AvgIpc) is 2.58. The highest BCUT2D eigenvalue weighted by Gasteiger charge is 2.05. The number of nitrogens with zero attached hydrogens (tertiary/aromatic N) is 1. The second kappa shape index (κ2) is 3.50. The van der Waals surface area contributed by atoms with Gasteiger partial charge in [0.25, 0.3) is 0 Å². The molecule has 0 aliphatic carbocycles. The van der Waals surface area contributed by atoms with Crippen molar-refractivity contribution in [3.8, 4) is 0 Å². The molecule has 1 aromatic carbocycles. The molecule has 0 saturated heterocycles. The van der Waals surface area contributed by atoms with E-state index >= 15 is 0 Å². The smallest absolute Gasteiger partial charge is 0.178 e. The fourth-order valence-corrected chi connectivity index (χ4v) is 2.20. The number of thiazole rings is 1. The Bertz CT molecular complexity index is 473. The zero-order valence-corrected chi connectivity index (χ0v) is 8.97. The molecule has 0 amide bonds. The number of hydrogen-bond donors (Lipinski definition) is 0. The average molecular weight is 205 g/mol. The van der Waals surface area contributed by atoms with Gasteiger partial charge in [0.05, 0.1) is 10.2 Å². The van der Waals surface area contributed by atoms with Gasteiger partial charge in [-0.3, -0.25) is 4.79 Å². The number of carbonyl (C=O) groups excluding carboxylic acids is 1. The van der Waals surface area contributed by atoms with Crippen LogP contribution in [0.4, 0.5) is 0 Å². The van der Waals surface area contributed by atoms with Crippen LogP contribution >= 0.6 is 11.3 Å². The standard InChI is InChI=1S/C11H11NOS/c1-7(2)8-3-4-9-10(5-8)14-11(6-13)12-9/h3-7H,1-2H3. The van der Waals surface area contributed by atoms with Gasteiger partial charge in [0.2, 0.25) is 0 Å². The Morgan fingerprint density at radius 1 is 1.43 bits per heavy atom. The topological polar surface area (TPSA) is 30.0 Å². The Labute approximate surface area is 86.6 Å². The second-order valence-electron chi connectivity index (χ2n) is 3.55. The Balaban J connectivity index is 2.59. The monoisotopic (exact) mass is 205 g/mol. The van der Waals surface area contributed by atoms with Crippen LogP contribution in [-0.4, -0.2) is 11.3 Å². The maximum Gasteiger partial charge on any atom is 0.178 e. The lowest BCUT2D eigenvalue weighted by atomic mass is 10.0. The highest BCUT2D eigenvalue weighted by atomic mass is 32.1. The predicted molar refractivity (Wildman–Crippen MR) is 59.1 cm³/mol. The van der Waals surface area contributed by atoms with E-state index in [-0.39, 0.29) is 0 Å². The lowest BCUT2D eigenvalue weighted by Crippen LogP contribution is -1.85. The van der Waals surface area contributed by atoms with Gasteiger partial charge in [0.1, 0.15) is 0 Å². The second-order valence-corrected chi connectivity index (χ2v) is 4.61. The van der Waals surface area contributed by atoms with Crippen molar-refractivity contribution in [1.82, 2.24) is 4.98 Å². The molecule has 1 aromatic heterocycles. The molecule has 72 valence electrons. The highest BCUT2D eigenvalue weighted by Crippen LogP contribution is 2.25. The minimum absolute atomic E-state index is 0.515. The van der Waals surface area contributed by atoms with Crippen molar-refractivity contribution in [2.45, 2.75) is 19.8 Å². The maximum atomic E-state index is 10.5. The molecule has 2 aromatic rings. The molecule has 14 heavy (non-hydrogen) atoms. The predicted octanol–water partition coefficient (Wildman–Crippen LogP) is 3.23. The lowest BCUT2D eigenvalue weighted by molar-refractivity contribution is 0.112. The van der Waals surface area contributed by atoms with Gasteiger partial charge in [0, 0.05) is 0 Å². The summed E-state index contributed by atoms with van der Waals surface area (Å²) in [6, 6.07) is 6.17. The van der Waals surface area contributed by atoms with E-state index in [1.807, 2.05) is 6.07 Å². The third kappa shape index (κ3) is 1.55. The molecule has 0 aliphatic rings. The normalized spacial score (nSPS) is 11.1. The first-order valence-electron chi connectivity index (χ1n) is 4.56. The molecule has 0 spiro atoms. The minimum Gasteiger partial charge on any atom is -0.295 e. The molecular weight excluding hydrogens is 194 g/mol. The molecule has 0 unspecified atom stereocenters. The van der Waals surface area contributed by atoms with E-state index in [9.17, 15) is 4.79 Å². The van der Waals surface area contributed by atoms with Gasteiger partial charge in [-0.25, -0.2) is 4.98 Å². The first-order valence-corrected chi connectivity index (χ1v) is 5.38. The molecule has 2 rings (SSSR count). The van der Waals surface area contributed by atoms with Crippen molar-refractivity contribution in [2.75, 3.05) is 0 Å². The molecular formula is C11H11NOS. The van der Waals surface area contributed by atoms with Gasteiger partial charge in [0.15, 0.2) is 11.3 Å². The van der Waals surface area contributed by atoms with Crippen molar-refractivity contribution in [3.63, 3.8) is 0 Å². The quantitative estimate of drug-likeness (QED) is 0.704. The highest BCUT2D eigenvalue weighted by molar-refractivity contribution is 7.20. The van der Waals surface area contributed by atoms with E-state index in [1.54, 1.807) is 0 Å². The maximum absolute atomic E-state index is 10.5. The van der Waals surface area contributed by atoms with Crippen LogP contribution in [0.25, 0.3) is 10.2 Å². The Morgan fingerprint density at radius 2 is 2.21 bits per heavy atom. The van der Waals surface area contributed by atoms with Crippen LogP contribution in [0, 0.1) is 0 Å². The third-order valence-corrected chi connectivity index (χ3v) is 3.14. The number of carbonyl (C=O) groups is 1. The summed E-state index contributed by atoms with van der Waals surface area (Å²) in [5, 5.41) is 0.556. The van der Waals surface area contributed by atoms with Gasteiger partial charge < -0.3 is 0 Å². The molecule has 0 fully saturated rings. The van der Waals surface area contributed by atoms with Crippen LogP contribution in [0.2, 0.25) is 0 Å². The Morgan fingerprint density at radius 3 is 2.86 bits per heavy atom. The number of fused-ring (bicyclic) bond motifs is 1. The Hall–Kier alpha value is -1.22. The van der Waals surface area contributed by atoms with Crippen molar-refractivity contribution in [3.05, 3.63) is 28.8 Å². The first-order chi connectivity index (χ1) is 6.70. The van der Waals surface area contributed by atoms with Crippen LogP contribution < -0.4 is 0 Å². The van der Waals surface area contributed by atoms with Gasteiger partial charge in [-0.1, -0.05) is 19.9 Å². The fourth-order valence-electron chi connectivity index (χ4n) is 1.37. The molecule has 0 bridgehead atoms. The van der Waals surface area contributed by atoms with Gasteiger partial charge in [-0.2, -0.15) is 0 Å². The lowest BCUT2D eigenvalue weighted by Gasteiger charge is -2.03. The summed E-state index contributed by atoms with van der Waals surface area (Å²) in [6.07, 6.45) is 0.805.